The fourth-order valence-corrected chi connectivity index (χ4v) is 1.14. The van der Waals surface area contributed by atoms with Crippen molar-refractivity contribution in [1.29, 1.82) is 0 Å². The summed E-state index contributed by atoms with van der Waals surface area (Å²) in [6, 6.07) is 0. The van der Waals surface area contributed by atoms with Crippen molar-refractivity contribution in [3.05, 3.63) is 23.8 Å². The average molecular weight is 150 g/mol. The maximum atomic E-state index is 11.0. The van der Waals surface area contributed by atoms with Crippen LogP contribution in [0.15, 0.2) is 23.8 Å². The Labute approximate surface area is 67.8 Å². The lowest BCUT2D eigenvalue weighted by atomic mass is 10.1. The molecule has 1 aliphatic rings. The first-order chi connectivity index (χ1) is 5.25. The van der Waals surface area contributed by atoms with Crippen molar-refractivity contribution in [3.63, 3.8) is 0 Å². The molecule has 0 heterocycles. The molecule has 1 rings (SSSR count). The molecule has 1 fully saturated rings. The molecule has 0 aliphatic heterocycles. The minimum Gasteiger partial charge on any atom is -0.295 e. The second kappa shape index (κ2) is 3.51. The average Bonchev–Trinajstić information content (AvgIpc) is 2.71. The van der Waals surface area contributed by atoms with E-state index in [-0.39, 0.29) is 5.78 Å². The second-order valence-corrected chi connectivity index (χ2v) is 2.98. The Morgan fingerprint density at radius 3 is 2.45 bits per heavy atom. The maximum Gasteiger partial charge on any atom is 0.156 e. The summed E-state index contributed by atoms with van der Waals surface area (Å²) in [5.74, 6) is 0.800. The Hall–Kier alpha value is -0.850. The van der Waals surface area contributed by atoms with E-state index in [0.717, 1.165) is 5.57 Å². The van der Waals surface area contributed by atoms with Gasteiger partial charge in [-0.15, -0.1) is 0 Å². The summed E-state index contributed by atoms with van der Waals surface area (Å²) in [5.41, 5.74) is 1.00. The van der Waals surface area contributed by atoms with Crippen molar-refractivity contribution >= 4 is 5.78 Å². The number of hydrogen-bond donors (Lipinski definition) is 0. The molecule has 1 nitrogen and oxygen atoms in total. The van der Waals surface area contributed by atoms with Gasteiger partial charge in [0.15, 0.2) is 5.78 Å². The van der Waals surface area contributed by atoms with Gasteiger partial charge in [0.05, 0.1) is 0 Å². The number of hydrogen-bond acceptors (Lipinski definition) is 1. The Kier molecular flexibility index (Phi) is 2.64. The van der Waals surface area contributed by atoms with E-state index in [4.69, 9.17) is 0 Å². The first-order valence-electron chi connectivity index (χ1n) is 4.09. The molecule has 0 spiro atoms. The molecule has 0 aromatic carbocycles. The minimum absolute atomic E-state index is 0.227. The van der Waals surface area contributed by atoms with Gasteiger partial charge in [-0.05, 0) is 38.2 Å². The molecule has 1 saturated carbocycles. The molecule has 0 aromatic rings. The van der Waals surface area contributed by atoms with Gasteiger partial charge in [0, 0.05) is 0 Å². The van der Waals surface area contributed by atoms with Crippen LogP contribution in [0.4, 0.5) is 0 Å². The summed E-state index contributed by atoms with van der Waals surface area (Å²) in [6.45, 7) is 3.61. The SMILES string of the molecule is C/C=C\C=C(\C(C)=O)C1CC1. The second-order valence-electron chi connectivity index (χ2n) is 2.98. The highest BCUT2D eigenvalue weighted by atomic mass is 16.1. The highest BCUT2D eigenvalue weighted by Gasteiger charge is 2.27. The number of ketones is 1. The van der Waals surface area contributed by atoms with Crippen LogP contribution < -0.4 is 0 Å². The van der Waals surface area contributed by atoms with Crippen LogP contribution >= 0.6 is 0 Å². The molecule has 1 heteroatoms. The number of allylic oxidation sites excluding steroid dienone is 4. The van der Waals surface area contributed by atoms with E-state index in [1.54, 1.807) is 6.92 Å². The van der Waals surface area contributed by atoms with Crippen LogP contribution in [0.1, 0.15) is 26.7 Å². The third-order valence-corrected chi connectivity index (χ3v) is 1.89. The predicted octanol–water partition coefficient (Wildman–Crippen LogP) is 2.49. The van der Waals surface area contributed by atoms with Crippen LogP contribution in [-0.2, 0) is 4.79 Å². The van der Waals surface area contributed by atoms with Crippen LogP contribution in [-0.4, -0.2) is 5.78 Å². The third kappa shape index (κ3) is 2.34. The Morgan fingerprint density at radius 2 is 2.09 bits per heavy atom. The van der Waals surface area contributed by atoms with Crippen LogP contribution in [0, 0.1) is 5.92 Å². The van der Waals surface area contributed by atoms with E-state index >= 15 is 0 Å². The van der Waals surface area contributed by atoms with Gasteiger partial charge in [-0.2, -0.15) is 0 Å². The topological polar surface area (TPSA) is 17.1 Å². The monoisotopic (exact) mass is 150 g/mol. The fourth-order valence-electron chi connectivity index (χ4n) is 1.14. The molecule has 1 aliphatic carbocycles. The zero-order chi connectivity index (χ0) is 8.27. The quantitative estimate of drug-likeness (QED) is 0.446. The van der Waals surface area contributed by atoms with Crippen molar-refractivity contribution in [2.45, 2.75) is 26.7 Å². The lowest BCUT2D eigenvalue weighted by Gasteiger charge is -1.96. The van der Waals surface area contributed by atoms with Gasteiger partial charge in [0.2, 0.25) is 0 Å². The van der Waals surface area contributed by atoms with Crippen LogP contribution in [0.2, 0.25) is 0 Å². The summed E-state index contributed by atoms with van der Waals surface area (Å²) in [6.07, 6.45) is 8.23. The largest absolute Gasteiger partial charge is 0.295 e. The Bertz CT molecular complexity index is 207. The zero-order valence-electron chi connectivity index (χ0n) is 7.13. The summed E-state index contributed by atoms with van der Waals surface area (Å²) >= 11 is 0. The van der Waals surface area contributed by atoms with E-state index in [9.17, 15) is 4.79 Å². The van der Waals surface area contributed by atoms with Crippen LogP contribution in [0.3, 0.4) is 0 Å². The van der Waals surface area contributed by atoms with Crippen molar-refractivity contribution < 1.29 is 4.79 Å². The molecule has 0 N–H and O–H groups in total. The molecule has 0 atom stereocenters. The summed E-state index contributed by atoms with van der Waals surface area (Å²) in [4.78, 5) is 11.0. The minimum atomic E-state index is 0.227. The highest BCUT2D eigenvalue weighted by Crippen LogP contribution is 2.36. The maximum absolute atomic E-state index is 11.0. The molecule has 0 saturated heterocycles. The van der Waals surface area contributed by atoms with Crippen LogP contribution in [0.25, 0.3) is 0 Å². The van der Waals surface area contributed by atoms with Crippen LogP contribution in [0.5, 0.6) is 0 Å². The van der Waals surface area contributed by atoms with Gasteiger partial charge < -0.3 is 0 Å². The zero-order valence-corrected chi connectivity index (χ0v) is 7.13. The van der Waals surface area contributed by atoms with Gasteiger partial charge in [0.1, 0.15) is 0 Å². The molecule has 0 bridgehead atoms. The third-order valence-electron chi connectivity index (χ3n) is 1.89. The molecule has 11 heavy (non-hydrogen) atoms. The number of rotatable bonds is 3. The van der Waals surface area contributed by atoms with Gasteiger partial charge in [-0.1, -0.05) is 18.2 Å². The molecule has 0 aromatic heterocycles. The lowest BCUT2D eigenvalue weighted by Crippen LogP contribution is -1.97. The lowest BCUT2D eigenvalue weighted by molar-refractivity contribution is -0.113. The van der Waals surface area contributed by atoms with Gasteiger partial charge in [-0.25, -0.2) is 0 Å². The van der Waals surface area contributed by atoms with Gasteiger partial charge >= 0.3 is 0 Å². The van der Waals surface area contributed by atoms with Crippen molar-refractivity contribution in [3.8, 4) is 0 Å². The number of Topliss-reactive ketones (excluding diaryl/α,β-unsaturated/α-hetero) is 1. The standard InChI is InChI=1S/C10H14O/c1-3-4-5-10(8(2)11)9-6-7-9/h3-5,9H,6-7H2,1-2H3/b4-3-,10-5-. The van der Waals surface area contributed by atoms with Crippen molar-refractivity contribution in [2.24, 2.45) is 5.92 Å². The van der Waals surface area contributed by atoms with Gasteiger partial charge in [-0.3, -0.25) is 4.79 Å². The van der Waals surface area contributed by atoms with E-state index in [1.165, 1.54) is 12.8 Å². The highest BCUT2D eigenvalue weighted by molar-refractivity contribution is 5.94. The van der Waals surface area contributed by atoms with E-state index in [0.29, 0.717) is 5.92 Å². The molecular weight excluding hydrogens is 136 g/mol. The summed E-state index contributed by atoms with van der Waals surface area (Å²) in [7, 11) is 0. The molecular formula is C10H14O. The molecule has 0 amide bonds. The summed E-state index contributed by atoms with van der Waals surface area (Å²) < 4.78 is 0. The van der Waals surface area contributed by atoms with Gasteiger partial charge in [0.25, 0.3) is 0 Å². The van der Waals surface area contributed by atoms with Crippen molar-refractivity contribution in [2.75, 3.05) is 0 Å². The van der Waals surface area contributed by atoms with Crippen molar-refractivity contribution in [1.82, 2.24) is 0 Å². The Balaban J connectivity index is 2.65. The number of carbonyl (C=O) groups is 1. The summed E-state index contributed by atoms with van der Waals surface area (Å²) in [5, 5.41) is 0. The fraction of sp³-hybridized carbons (Fsp3) is 0.500. The van der Waals surface area contributed by atoms with E-state index in [2.05, 4.69) is 0 Å². The molecule has 0 unspecified atom stereocenters. The van der Waals surface area contributed by atoms with E-state index < -0.39 is 0 Å². The molecule has 60 valence electrons. The smallest absolute Gasteiger partial charge is 0.156 e. The number of carbonyl (C=O) groups excluding carboxylic acids is 1. The molecule has 0 radical (unpaired) electrons. The van der Waals surface area contributed by atoms with E-state index in [1.807, 2.05) is 25.2 Å². The predicted molar refractivity (Wildman–Crippen MR) is 46.3 cm³/mol. The first-order valence-corrected chi connectivity index (χ1v) is 4.09. The first kappa shape index (κ1) is 8.25. The normalized spacial score (nSPS) is 19.3. The Morgan fingerprint density at radius 1 is 1.45 bits per heavy atom.